The van der Waals surface area contributed by atoms with Crippen LogP contribution in [-0.2, 0) is 22.5 Å². The van der Waals surface area contributed by atoms with Crippen LogP contribution in [0.5, 0.6) is 0 Å². The molecule has 0 saturated heterocycles. The zero-order valence-corrected chi connectivity index (χ0v) is 13.3. The number of aromatic nitrogens is 2. The van der Waals surface area contributed by atoms with Crippen LogP contribution in [-0.4, -0.2) is 48.8 Å². The molecule has 6 nitrogen and oxygen atoms in total. The minimum atomic E-state index is -0.00439. The van der Waals surface area contributed by atoms with Crippen LogP contribution in [0.4, 0.5) is 0 Å². The zero-order chi connectivity index (χ0) is 15.8. The van der Waals surface area contributed by atoms with Crippen LogP contribution < -0.4 is 10.6 Å². The summed E-state index contributed by atoms with van der Waals surface area (Å²) in [6, 6.07) is 8.11. The predicted molar refractivity (Wildman–Crippen MR) is 86.9 cm³/mol. The molecular weight excluding hydrogens is 280 g/mol. The first-order chi connectivity index (χ1) is 10.8. The number of fused-ring (bicyclic) bond motifs is 1. The summed E-state index contributed by atoms with van der Waals surface area (Å²) in [7, 11) is 1.64. The number of benzene rings is 1. The number of imidazole rings is 1. The Morgan fingerprint density at radius 3 is 2.91 bits per heavy atom. The first-order valence-electron chi connectivity index (χ1n) is 7.66. The van der Waals surface area contributed by atoms with Gasteiger partial charge < -0.3 is 19.9 Å². The third-order valence-corrected chi connectivity index (χ3v) is 3.49. The molecule has 0 atom stereocenters. The Kier molecular flexibility index (Phi) is 6.36. The molecule has 0 aliphatic carbocycles. The molecule has 0 saturated carbocycles. The van der Waals surface area contributed by atoms with E-state index in [-0.39, 0.29) is 5.91 Å². The van der Waals surface area contributed by atoms with E-state index in [4.69, 9.17) is 4.74 Å². The smallest absolute Gasteiger partial charge is 0.233 e. The van der Waals surface area contributed by atoms with Crippen molar-refractivity contribution in [3.8, 4) is 0 Å². The van der Waals surface area contributed by atoms with Gasteiger partial charge in [-0.3, -0.25) is 4.79 Å². The molecule has 2 aromatic rings. The van der Waals surface area contributed by atoms with Gasteiger partial charge in [0.15, 0.2) is 0 Å². The topological polar surface area (TPSA) is 68.2 Å². The molecule has 120 valence electrons. The Morgan fingerprint density at radius 2 is 2.14 bits per heavy atom. The molecule has 6 heteroatoms. The molecule has 0 aliphatic heterocycles. The van der Waals surface area contributed by atoms with Gasteiger partial charge in [0.05, 0.1) is 24.2 Å². The maximum Gasteiger partial charge on any atom is 0.233 e. The van der Waals surface area contributed by atoms with Gasteiger partial charge in [-0.05, 0) is 19.1 Å². The second-order valence-electron chi connectivity index (χ2n) is 5.03. The number of nitrogens with zero attached hydrogens (tertiary/aromatic N) is 2. The van der Waals surface area contributed by atoms with Crippen molar-refractivity contribution in [2.45, 2.75) is 19.9 Å². The molecule has 0 spiro atoms. The average Bonchev–Trinajstić information content (AvgIpc) is 2.89. The summed E-state index contributed by atoms with van der Waals surface area (Å²) < 4.78 is 7.10. The van der Waals surface area contributed by atoms with Crippen molar-refractivity contribution in [1.29, 1.82) is 0 Å². The first-order valence-corrected chi connectivity index (χ1v) is 7.66. The third kappa shape index (κ3) is 4.29. The van der Waals surface area contributed by atoms with Crippen LogP contribution in [0.2, 0.25) is 0 Å². The number of nitrogens with one attached hydrogen (secondary N) is 2. The molecule has 1 amide bonds. The van der Waals surface area contributed by atoms with Crippen molar-refractivity contribution in [2.75, 3.05) is 33.4 Å². The maximum absolute atomic E-state index is 11.7. The van der Waals surface area contributed by atoms with E-state index in [0.29, 0.717) is 26.2 Å². The molecule has 0 radical (unpaired) electrons. The molecule has 22 heavy (non-hydrogen) atoms. The summed E-state index contributed by atoms with van der Waals surface area (Å²) in [5.41, 5.74) is 2.15. The Balaban J connectivity index is 1.83. The zero-order valence-electron chi connectivity index (χ0n) is 13.3. The number of hydrogen-bond donors (Lipinski definition) is 2. The number of rotatable bonds is 9. The van der Waals surface area contributed by atoms with Gasteiger partial charge in [0.25, 0.3) is 0 Å². The minimum absolute atomic E-state index is 0.00439. The van der Waals surface area contributed by atoms with Gasteiger partial charge in [-0.15, -0.1) is 0 Å². The molecular formula is C16H24N4O2. The monoisotopic (exact) mass is 304 g/mol. The molecule has 0 aliphatic rings. The fourth-order valence-electron chi connectivity index (χ4n) is 2.42. The number of methoxy groups -OCH3 is 1. The van der Waals surface area contributed by atoms with Gasteiger partial charge in [-0.2, -0.15) is 0 Å². The molecule has 1 aromatic heterocycles. The average molecular weight is 304 g/mol. The van der Waals surface area contributed by atoms with Crippen LogP contribution in [0.3, 0.4) is 0 Å². The highest BCUT2D eigenvalue weighted by Gasteiger charge is 2.09. The third-order valence-electron chi connectivity index (χ3n) is 3.49. The van der Waals surface area contributed by atoms with Crippen molar-refractivity contribution < 1.29 is 9.53 Å². The Labute approximate surface area is 130 Å². The van der Waals surface area contributed by atoms with Gasteiger partial charge in [0.2, 0.25) is 5.91 Å². The van der Waals surface area contributed by atoms with E-state index in [9.17, 15) is 4.79 Å². The van der Waals surface area contributed by atoms with Crippen molar-refractivity contribution in [1.82, 2.24) is 20.2 Å². The number of para-hydroxylation sites is 2. The highest BCUT2D eigenvalue weighted by Crippen LogP contribution is 2.15. The highest BCUT2D eigenvalue weighted by atomic mass is 16.5. The van der Waals surface area contributed by atoms with Crippen molar-refractivity contribution in [3.63, 3.8) is 0 Å². The summed E-state index contributed by atoms with van der Waals surface area (Å²) in [5, 5.41) is 5.93. The van der Waals surface area contributed by atoms with E-state index in [0.717, 1.165) is 29.8 Å². The molecule has 0 bridgehead atoms. The summed E-state index contributed by atoms with van der Waals surface area (Å²) in [6.45, 7) is 5.17. The number of ether oxygens (including phenoxy) is 1. The quantitative estimate of drug-likeness (QED) is 0.677. The maximum atomic E-state index is 11.7. The van der Waals surface area contributed by atoms with Crippen molar-refractivity contribution in [3.05, 3.63) is 30.1 Å². The van der Waals surface area contributed by atoms with E-state index in [1.807, 2.05) is 18.2 Å². The predicted octanol–water partition coefficient (Wildman–Crippen LogP) is 0.951. The molecule has 0 fully saturated rings. The molecule has 1 aromatic carbocycles. The lowest BCUT2D eigenvalue weighted by molar-refractivity contribution is -0.120. The SMILES string of the molecule is CCn1c(CCNC(=O)CNCCOC)nc2ccccc21. The van der Waals surface area contributed by atoms with E-state index >= 15 is 0 Å². The number of carbonyl (C=O) groups is 1. The molecule has 2 N–H and O–H groups in total. The standard InChI is InChI=1S/C16H24N4O2/c1-3-20-14-7-5-4-6-13(14)19-15(20)8-9-18-16(21)12-17-10-11-22-2/h4-7,17H,3,8-12H2,1-2H3,(H,18,21). The summed E-state index contributed by atoms with van der Waals surface area (Å²) in [4.78, 5) is 16.3. The second-order valence-corrected chi connectivity index (χ2v) is 5.03. The normalized spacial score (nSPS) is 11.0. The first kappa shape index (κ1) is 16.5. The van der Waals surface area contributed by atoms with E-state index in [1.54, 1.807) is 7.11 Å². The van der Waals surface area contributed by atoms with E-state index in [2.05, 4.69) is 33.2 Å². The van der Waals surface area contributed by atoms with Gasteiger partial charge in [0, 0.05) is 33.2 Å². The largest absolute Gasteiger partial charge is 0.383 e. The Morgan fingerprint density at radius 1 is 1.32 bits per heavy atom. The van der Waals surface area contributed by atoms with Crippen LogP contribution in [0.1, 0.15) is 12.7 Å². The molecule has 0 unspecified atom stereocenters. The number of amides is 1. The van der Waals surface area contributed by atoms with Crippen molar-refractivity contribution in [2.24, 2.45) is 0 Å². The lowest BCUT2D eigenvalue weighted by Gasteiger charge is -2.08. The van der Waals surface area contributed by atoms with Crippen LogP contribution in [0.15, 0.2) is 24.3 Å². The fraction of sp³-hybridized carbons (Fsp3) is 0.500. The van der Waals surface area contributed by atoms with Gasteiger partial charge in [-0.1, -0.05) is 12.1 Å². The summed E-state index contributed by atoms with van der Waals surface area (Å²) in [6.07, 6.45) is 0.729. The van der Waals surface area contributed by atoms with E-state index in [1.165, 1.54) is 0 Å². The minimum Gasteiger partial charge on any atom is -0.383 e. The Hall–Kier alpha value is -1.92. The van der Waals surface area contributed by atoms with E-state index < -0.39 is 0 Å². The van der Waals surface area contributed by atoms with Crippen LogP contribution in [0, 0.1) is 0 Å². The Bertz CT molecular complexity index is 609. The number of carbonyl (C=O) groups excluding carboxylic acids is 1. The molecule has 2 rings (SSSR count). The van der Waals surface area contributed by atoms with Crippen LogP contribution in [0.25, 0.3) is 11.0 Å². The van der Waals surface area contributed by atoms with Crippen molar-refractivity contribution >= 4 is 16.9 Å². The fourth-order valence-corrected chi connectivity index (χ4v) is 2.42. The highest BCUT2D eigenvalue weighted by molar-refractivity contribution is 5.78. The van der Waals surface area contributed by atoms with Gasteiger partial charge in [0.1, 0.15) is 5.82 Å². The lowest BCUT2D eigenvalue weighted by atomic mass is 10.3. The number of aryl methyl sites for hydroxylation is 1. The second kappa shape index (κ2) is 8.51. The van der Waals surface area contributed by atoms with Gasteiger partial charge in [-0.25, -0.2) is 4.98 Å². The number of hydrogen-bond acceptors (Lipinski definition) is 4. The summed E-state index contributed by atoms with van der Waals surface area (Å²) >= 11 is 0. The lowest BCUT2D eigenvalue weighted by Crippen LogP contribution is -2.36. The van der Waals surface area contributed by atoms with Crippen LogP contribution >= 0.6 is 0 Å². The molecule has 1 heterocycles. The summed E-state index contributed by atoms with van der Waals surface area (Å²) in [5.74, 6) is 1.01. The van der Waals surface area contributed by atoms with Gasteiger partial charge >= 0.3 is 0 Å².